The Morgan fingerprint density at radius 2 is 1.85 bits per heavy atom. The Labute approximate surface area is 168 Å². The van der Waals surface area contributed by atoms with E-state index in [-0.39, 0.29) is 17.9 Å². The van der Waals surface area contributed by atoms with Gasteiger partial charge in [-0.1, -0.05) is 46.3 Å². The number of halogens is 2. The van der Waals surface area contributed by atoms with E-state index in [9.17, 15) is 9.18 Å². The van der Waals surface area contributed by atoms with Gasteiger partial charge in [0.05, 0.1) is 11.6 Å². The molecule has 2 aromatic carbocycles. The maximum atomic E-state index is 13.4. The molecular weight excluding hydrogens is 407 g/mol. The fraction of sp³-hybridized carbons (Fsp3) is 0.318. The summed E-state index contributed by atoms with van der Waals surface area (Å²) >= 11 is 3.45. The molecule has 0 spiro atoms. The van der Waals surface area contributed by atoms with Crippen molar-refractivity contribution in [2.45, 2.75) is 31.3 Å². The van der Waals surface area contributed by atoms with E-state index in [1.54, 1.807) is 17.0 Å². The van der Waals surface area contributed by atoms with Crippen LogP contribution in [0.2, 0.25) is 0 Å². The minimum absolute atomic E-state index is 0.0250. The quantitative estimate of drug-likeness (QED) is 0.543. The first kappa shape index (κ1) is 19.6. The molecule has 2 atom stereocenters. The van der Waals surface area contributed by atoms with E-state index < -0.39 is 5.54 Å². The Hall–Kier alpha value is -2.14. The molecule has 0 aliphatic carbocycles. The van der Waals surface area contributed by atoms with Crippen molar-refractivity contribution in [3.63, 3.8) is 0 Å². The van der Waals surface area contributed by atoms with Crippen molar-refractivity contribution in [1.29, 1.82) is 0 Å². The third-order valence-electron chi connectivity index (χ3n) is 5.62. The molecule has 142 valence electrons. The van der Waals surface area contributed by atoms with Crippen LogP contribution in [0.3, 0.4) is 0 Å². The maximum Gasteiger partial charge on any atom is 0.320 e. The highest BCUT2D eigenvalue weighted by Crippen LogP contribution is 2.41. The Balaban J connectivity index is 1.90. The third kappa shape index (κ3) is 3.65. The summed E-state index contributed by atoms with van der Waals surface area (Å²) in [7, 11) is 1.83. The molecule has 0 N–H and O–H groups in total. The van der Waals surface area contributed by atoms with Crippen molar-refractivity contribution in [1.82, 2.24) is 9.80 Å². The van der Waals surface area contributed by atoms with Crippen LogP contribution >= 0.6 is 15.9 Å². The van der Waals surface area contributed by atoms with E-state index in [4.69, 9.17) is 0 Å². The van der Waals surface area contributed by atoms with Gasteiger partial charge in [0.2, 0.25) is 0 Å². The van der Waals surface area contributed by atoms with Crippen molar-refractivity contribution in [2.75, 3.05) is 13.6 Å². The third-order valence-corrected chi connectivity index (χ3v) is 6.15. The molecule has 0 bridgehead atoms. The monoisotopic (exact) mass is 430 g/mol. The van der Waals surface area contributed by atoms with Crippen molar-refractivity contribution >= 4 is 22.0 Å². The van der Waals surface area contributed by atoms with Crippen LogP contribution in [-0.2, 0) is 5.54 Å². The molecule has 2 amide bonds. The molecular formula is C22H24BrFN2O. The normalized spacial score (nSPS) is 21.3. The highest BCUT2D eigenvalue weighted by Gasteiger charge is 2.45. The topological polar surface area (TPSA) is 23.6 Å². The van der Waals surface area contributed by atoms with Crippen molar-refractivity contribution in [3.05, 3.63) is 82.6 Å². The lowest BCUT2D eigenvalue weighted by Gasteiger charge is -2.50. The highest BCUT2D eigenvalue weighted by atomic mass is 79.9. The van der Waals surface area contributed by atoms with E-state index in [2.05, 4.69) is 22.5 Å². The second kappa shape index (κ2) is 7.85. The van der Waals surface area contributed by atoms with Crippen LogP contribution in [0.15, 0.2) is 65.7 Å². The van der Waals surface area contributed by atoms with E-state index >= 15 is 0 Å². The molecule has 1 fully saturated rings. The maximum absolute atomic E-state index is 13.4. The van der Waals surface area contributed by atoms with Crippen LogP contribution in [0.4, 0.5) is 9.18 Å². The molecule has 1 aliphatic rings. The van der Waals surface area contributed by atoms with Gasteiger partial charge in [-0.15, -0.1) is 6.58 Å². The second-order valence-electron chi connectivity index (χ2n) is 7.04. The molecule has 2 unspecified atom stereocenters. The van der Waals surface area contributed by atoms with Gasteiger partial charge >= 0.3 is 6.03 Å². The van der Waals surface area contributed by atoms with E-state index in [0.717, 1.165) is 22.0 Å². The molecule has 5 heteroatoms. The Morgan fingerprint density at radius 3 is 2.44 bits per heavy atom. The largest absolute Gasteiger partial charge is 0.320 e. The first-order chi connectivity index (χ1) is 12.9. The number of hydrogen-bond donors (Lipinski definition) is 0. The van der Waals surface area contributed by atoms with E-state index in [0.29, 0.717) is 13.0 Å². The van der Waals surface area contributed by atoms with Crippen LogP contribution in [0.25, 0.3) is 0 Å². The lowest BCUT2D eigenvalue weighted by atomic mass is 9.80. The number of amides is 2. The first-order valence-electron chi connectivity index (χ1n) is 9.06. The molecule has 1 aliphatic heterocycles. The van der Waals surface area contributed by atoms with Gasteiger partial charge in [0.15, 0.2) is 0 Å². The van der Waals surface area contributed by atoms with Gasteiger partial charge in [0, 0.05) is 18.1 Å². The predicted octanol–water partition coefficient (Wildman–Crippen LogP) is 5.88. The minimum Gasteiger partial charge on any atom is -0.318 e. The average Bonchev–Trinajstić information content (AvgIpc) is 2.66. The number of rotatable bonds is 5. The second-order valence-corrected chi connectivity index (χ2v) is 7.96. The van der Waals surface area contributed by atoms with Crippen LogP contribution < -0.4 is 0 Å². The molecule has 3 nitrogen and oxygen atoms in total. The zero-order valence-corrected chi connectivity index (χ0v) is 17.2. The Morgan fingerprint density at radius 1 is 1.22 bits per heavy atom. The fourth-order valence-corrected chi connectivity index (χ4v) is 4.18. The smallest absolute Gasteiger partial charge is 0.318 e. The number of carbonyl (C=O) groups excluding carboxylic acids is 1. The van der Waals surface area contributed by atoms with Gasteiger partial charge < -0.3 is 9.80 Å². The van der Waals surface area contributed by atoms with Crippen molar-refractivity contribution < 1.29 is 9.18 Å². The Bertz CT molecular complexity index is 821. The molecule has 0 radical (unpaired) electrons. The predicted molar refractivity (Wildman–Crippen MR) is 110 cm³/mol. The van der Waals surface area contributed by atoms with Gasteiger partial charge in [0.25, 0.3) is 0 Å². The molecule has 0 aromatic heterocycles. The fourth-order valence-electron chi connectivity index (χ4n) is 3.92. The van der Waals surface area contributed by atoms with E-state index in [1.165, 1.54) is 12.1 Å². The first-order valence-corrected chi connectivity index (χ1v) is 9.85. The summed E-state index contributed by atoms with van der Waals surface area (Å²) in [5.41, 5.74) is 1.54. The highest BCUT2D eigenvalue weighted by molar-refractivity contribution is 9.10. The lowest BCUT2D eigenvalue weighted by Crippen LogP contribution is -2.58. The summed E-state index contributed by atoms with van der Waals surface area (Å²) in [5.74, 6) is -0.275. The van der Waals surface area contributed by atoms with Crippen molar-refractivity contribution in [2.24, 2.45) is 0 Å². The van der Waals surface area contributed by atoms with Gasteiger partial charge in [-0.3, -0.25) is 0 Å². The molecule has 1 saturated heterocycles. The standard InChI is InChI=1S/C22H24BrFN2O/c1-4-13-22(18-7-11-20(24)12-8-18)14-15-26(21(27)25(22)3)16(2)17-5-9-19(23)10-6-17/h4-12,16H,1,13-15H2,2-3H3. The van der Waals surface area contributed by atoms with Crippen molar-refractivity contribution in [3.8, 4) is 0 Å². The van der Waals surface area contributed by atoms with Gasteiger partial charge in [0.1, 0.15) is 5.82 Å². The molecule has 3 rings (SSSR count). The summed E-state index contributed by atoms with van der Waals surface area (Å²) < 4.78 is 14.4. The van der Waals surface area contributed by atoms with Gasteiger partial charge in [-0.2, -0.15) is 0 Å². The van der Waals surface area contributed by atoms with Gasteiger partial charge in [-0.25, -0.2) is 9.18 Å². The number of benzene rings is 2. The number of carbonyl (C=O) groups is 1. The summed E-state index contributed by atoms with van der Waals surface area (Å²) in [5, 5.41) is 0. The molecule has 2 aromatic rings. The zero-order valence-electron chi connectivity index (χ0n) is 15.7. The number of hydrogen-bond acceptors (Lipinski definition) is 1. The average molecular weight is 431 g/mol. The number of urea groups is 1. The molecule has 27 heavy (non-hydrogen) atoms. The van der Waals surface area contributed by atoms with Crippen LogP contribution in [-0.4, -0.2) is 29.4 Å². The van der Waals surface area contributed by atoms with Crippen LogP contribution in [0.5, 0.6) is 0 Å². The van der Waals surface area contributed by atoms with E-state index in [1.807, 2.05) is 49.2 Å². The summed E-state index contributed by atoms with van der Waals surface area (Å²) in [6.45, 7) is 6.56. The number of nitrogens with zero attached hydrogens (tertiary/aromatic N) is 2. The van der Waals surface area contributed by atoms with Crippen LogP contribution in [0.1, 0.15) is 36.9 Å². The van der Waals surface area contributed by atoms with Crippen LogP contribution in [0, 0.1) is 5.82 Å². The summed E-state index contributed by atoms with van der Waals surface area (Å²) in [6, 6.07) is 14.5. The summed E-state index contributed by atoms with van der Waals surface area (Å²) in [4.78, 5) is 17.0. The Kier molecular flexibility index (Phi) is 5.70. The van der Waals surface area contributed by atoms with Gasteiger partial charge in [-0.05, 0) is 55.2 Å². The SMILES string of the molecule is C=CCC1(c2ccc(F)cc2)CCN(C(C)c2ccc(Br)cc2)C(=O)N1C. The summed E-state index contributed by atoms with van der Waals surface area (Å²) in [6.07, 6.45) is 3.22. The molecule has 1 heterocycles. The minimum atomic E-state index is -0.498. The molecule has 0 saturated carbocycles. The lowest BCUT2D eigenvalue weighted by molar-refractivity contribution is 0.0425. The zero-order chi connectivity index (χ0) is 19.6.